The summed E-state index contributed by atoms with van der Waals surface area (Å²) >= 11 is 3.09. The highest BCUT2D eigenvalue weighted by Gasteiger charge is 2.25. The van der Waals surface area contributed by atoms with Gasteiger partial charge < -0.3 is 9.47 Å². The topological polar surface area (TPSA) is 64.6 Å². The van der Waals surface area contributed by atoms with E-state index in [9.17, 15) is 21.6 Å². The predicted molar refractivity (Wildman–Crippen MR) is 82.3 cm³/mol. The molecule has 5 nitrogen and oxygen atoms in total. The fraction of sp³-hybridized carbons (Fsp3) is 0.143. The van der Waals surface area contributed by atoms with Gasteiger partial charge in [-0.1, -0.05) is 0 Å². The number of sulfonamides is 1. The Bertz CT molecular complexity index is 921. The van der Waals surface area contributed by atoms with Gasteiger partial charge in [0.15, 0.2) is 29.0 Å². The summed E-state index contributed by atoms with van der Waals surface area (Å²) in [7, 11) is -4.29. The minimum absolute atomic E-state index is 0.141. The van der Waals surface area contributed by atoms with Crippen molar-refractivity contribution in [1.29, 1.82) is 0 Å². The number of nitrogens with one attached hydrogen (secondary N) is 1. The van der Waals surface area contributed by atoms with Crippen molar-refractivity contribution in [1.82, 2.24) is 0 Å². The van der Waals surface area contributed by atoms with E-state index < -0.39 is 33.2 Å². The molecule has 10 heteroatoms. The lowest BCUT2D eigenvalue weighted by molar-refractivity contribution is 0.171. The molecule has 128 valence electrons. The van der Waals surface area contributed by atoms with Crippen LogP contribution in [0.4, 0.5) is 18.9 Å². The average molecular weight is 424 g/mol. The second kappa shape index (κ2) is 6.17. The molecule has 1 N–H and O–H groups in total. The molecule has 0 amide bonds. The molecule has 0 aromatic heterocycles. The third-order valence-electron chi connectivity index (χ3n) is 3.17. The van der Waals surface area contributed by atoms with Crippen LogP contribution in [0.5, 0.6) is 11.5 Å². The van der Waals surface area contributed by atoms with Gasteiger partial charge in [0.2, 0.25) is 0 Å². The van der Waals surface area contributed by atoms with E-state index in [2.05, 4.69) is 15.9 Å². The summed E-state index contributed by atoms with van der Waals surface area (Å²) in [4.78, 5) is -0.268. The van der Waals surface area contributed by atoms with E-state index in [-0.39, 0.29) is 21.7 Å². The summed E-state index contributed by atoms with van der Waals surface area (Å²) < 4.78 is 77.4. The number of halogens is 4. The Morgan fingerprint density at radius 2 is 1.62 bits per heavy atom. The van der Waals surface area contributed by atoms with Gasteiger partial charge in [0.25, 0.3) is 10.0 Å². The van der Waals surface area contributed by atoms with Crippen LogP contribution in [-0.2, 0) is 10.0 Å². The number of hydrogen-bond acceptors (Lipinski definition) is 4. The standard InChI is InChI=1S/C14H9BrF3NO4S/c15-7-5-10-11(23-4-3-22-10)6-12(7)24(20,21)19-9-2-1-8(16)13(17)14(9)18/h1-2,5-6,19H,3-4H2. The zero-order valence-electron chi connectivity index (χ0n) is 11.8. The van der Waals surface area contributed by atoms with Gasteiger partial charge in [-0.2, -0.15) is 0 Å². The molecule has 1 heterocycles. The van der Waals surface area contributed by atoms with Crippen molar-refractivity contribution < 1.29 is 31.1 Å². The third kappa shape index (κ3) is 3.03. The molecule has 0 saturated carbocycles. The van der Waals surface area contributed by atoms with Crippen molar-refractivity contribution in [2.45, 2.75) is 4.90 Å². The first-order valence-corrected chi connectivity index (χ1v) is 8.82. The van der Waals surface area contributed by atoms with E-state index in [4.69, 9.17) is 9.47 Å². The zero-order chi connectivity index (χ0) is 17.5. The van der Waals surface area contributed by atoms with Gasteiger partial charge in [-0.15, -0.1) is 0 Å². The van der Waals surface area contributed by atoms with Gasteiger partial charge >= 0.3 is 0 Å². The minimum Gasteiger partial charge on any atom is -0.486 e. The molecule has 0 atom stereocenters. The van der Waals surface area contributed by atoms with Gasteiger partial charge in [0, 0.05) is 10.5 Å². The lowest BCUT2D eigenvalue weighted by Crippen LogP contribution is -2.18. The largest absolute Gasteiger partial charge is 0.486 e. The van der Waals surface area contributed by atoms with Gasteiger partial charge in [-0.25, -0.2) is 21.6 Å². The van der Waals surface area contributed by atoms with Gasteiger partial charge in [0.1, 0.15) is 18.1 Å². The minimum atomic E-state index is -4.29. The molecule has 0 spiro atoms. The molecule has 2 aromatic carbocycles. The van der Waals surface area contributed by atoms with E-state index in [1.807, 2.05) is 4.72 Å². The number of ether oxygens (including phenoxy) is 2. The first-order chi connectivity index (χ1) is 11.3. The highest BCUT2D eigenvalue weighted by Crippen LogP contribution is 2.38. The smallest absolute Gasteiger partial charge is 0.263 e. The van der Waals surface area contributed by atoms with E-state index in [0.29, 0.717) is 18.4 Å². The van der Waals surface area contributed by atoms with Crippen LogP contribution in [0.25, 0.3) is 0 Å². The van der Waals surface area contributed by atoms with Crippen LogP contribution in [-0.4, -0.2) is 21.6 Å². The van der Waals surface area contributed by atoms with E-state index in [1.165, 1.54) is 12.1 Å². The zero-order valence-corrected chi connectivity index (χ0v) is 14.2. The Morgan fingerprint density at radius 3 is 2.29 bits per heavy atom. The predicted octanol–water partition coefficient (Wildman–Crippen LogP) is 3.44. The molecule has 1 aliphatic rings. The number of anilines is 1. The Hall–Kier alpha value is -1.94. The Kier molecular flexibility index (Phi) is 4.35. The van der Waals surface area contributed by atoms with Gasteiger partial charge in [-0.3, -0.25) is 4.72 Å². The number of fused-ring (bicyclic) bond motifs is 1. The molecule has 0 aliphatic carbocycles. The maximum atomic E-state index is 13.7. The van der Waals surface area contributed by atoms with Gasteiger partial charge in [-0.05, 0) is 34.1 Å². The Labute approximate surface area is 143 Å². The molecule has 3 rings (SSSR count). The lowest BCUT2D eigenvalue weighted by Gasteiger charge is -2.20. The maximum Gasteiger partial charge on any atom is 0.263 e. The summed E-state index contributed by atoms with van der Waals surface area (Å²) in [5, 5.41) is 0. The highest BCUT2D eigenvalue weighted by molar-refractivity contribution is 9.10. The Morgan fingerprint density at radius 1 is 1.00 bits per heavy atom. The molecular formula is C14H9BrF3NO4S. The normalized spacial score (nSPS) is 13.7. The van der Waals surface area contributed by atoms with Crippen LogP contribution in [0.2, 0.25) is 0 Å². The summed E-state index contributed by atoms with van der Waals surface area (Å²) in [6.07, 6.45) is 0. The first kappa shape index (κ1) is 16.9. The summed E-state index contributed by atoms with van der Waals surface area (Å²) in [6, 6.07) is 4.00. The van der Waals surface area contributed by atoms with Crippen molar-refractivity contribution >= 4 is 31.6 Å². The summed E-state index contributed by atoms with van der Waals surface area (Å²) in [5.74, 6) is -4.26. The molecule has 24 heavy (non-hydrogen) atoms. The molecule has 0 bridgehead atoms. The van der Waals surface area contributed by atoms with Crippen molar-refractivity contribution in [2.75, 3.05) is 17.9 Å². The fourth-order valence-electron chi connectivity index (χ4n) is 2.06. The lowest BCUT2D eigenvalue weighted by atomic mass is 10.3. The number of rotatable bonds is 3. The summed E-state index contributed by atoms with van der Waals surface area (Å²) in [6.45, 7) is 0.573. The molecule has 1 aliphatic heterocycles. The second-order valence-corrected chi connectivity index (χ2v) is 7.26. The van der Waals surface area contributed by atoms with Crippen molar-refractivity contribution in [2.24, 2.45) is 0 Å². The summed E-state index contributed by atoms with van der Waals surface area (Å²) in [5.41, 5.74) is -0.712. The Balaban J connectivity index is 2.01. The van der Waals surface area contributed by atoms with Crippen LogP contribution < -0.4 is 14.2 Å². The van der Waals surface area contributed by atoms with Gasteiger partial charge in [0.05, 0.1) is 5.69 Å². The number of benzene rings is 2. The van der Waals surface area contributed by atoms with Crippen molar-refractivity contribution in [3.05, 3.63) is 46.2 Å². The molecule has 0 unspecified atom stereocenters. The maximum absolute atomic E-state index is 13.7. The van der Waals surface area contributed by atoms with E-state index in [1.54, 1.807) is 0 Å². The van der Waals surface area contributed by atoms with Crippen LogP contribution >= 0.6 is 15.9 Å². The van der Waals surface area contributed by atoms with Crippen LogP contribution in [0.15, 0.2) is 33.6 Å². The molecule has 0 saturated heterocycles. The molecule has 0 radical (unpaired) electrons. The number of hydrogen-bond donors (Lipinski definition) is 1. The second-order valence-electron chi connectivity index (χ2n) is 4.75. The SMILES string of the molecule is O=S(=O)(Nc1ccc(F)c(F)c1F)c1cc2c(cc1Br)OCCO2. The van der Waals surface area contributed by atoms with E-state index in [0.717, 1.165) is 6.07 Å². The average Bonchev–Trinajstić information content (AvgIpc) is 2.54. The molecule has 0 fully saturated rings. The van der Waals surface area contributed by atoms with E-state index >= 15 is 0 Å². The monoisotopic (exact) mass is 423 g/mol. The van der Waals surface area contributed by atoms with Crippen LogP contribution in [0.3, 0.4) is 0 Å². The third-order valence-corrected chi connectivity index (χ3v) is 5.49. The van der Waals surface area contributed by atoms with Crippen LogP contribution in [0.1, 0.15) is 0 Å². The quantitative estimate of drug-likeness (QED) is 0.768. The molecular weight excluding hydrogens is 415 g/mol. The highest BCUT2D eigenvalue weighted by atomic mass is 79.9. The first-order valence-electron chi connectivity index (χ1n) is 6.55. The van der Waals surface area contributed by atoms with Crippen molar-refractivity contribution in [3.63, 3.8) is 0 Å². The molecule has 2 aromatic rings. The van der Waals surface area contributed by atoms with Crippen LogP contribution in [0, 0.1) is 17.5 Å². The fourth-order valence-corrected chi connectivity index (χ4v) is 4.15. The van der Waals surface area contributed by atoms with Crippen molar-refractivity contribution in [3.8, 4) is 11.5 Å².